The molecular weight excluding hydrogens is 458 g/mol. The highest BCUT2D eigenvalue weighted by Crippen LogP contribution is 2.42. The van der Waals surface area contributed by atoms with Gasteiger partial charge in [-0.3, -0.25) is 14.5 Å². The van der Waals surface area contributed by atoms with Crippen LogP contribution in [0.5, 0.6) is 0 Å². The van der Waals surface area contributed by atoms with Gasteiger partial charge in [-0.25, -0.2) is 4.39 Å². The SMILES string of the molecule is C[C@@H]1OCC2(CCN(c3nc4[nH]nc(-c5c(F)ccc(Cl)c5Cl)c4c(=O)n3C)CC2)[C@@H]1N. The van der Waals surface area contributed by atoms with Crippen LogP contribution in [0.2, 0.25) is 10.0 Å². The minimum absolute atomic E-state index is 0.00289. The van der Waals surface area contributed by atoms with Crippen molar-refractivity contribution in [2.45, 2.75) is 31.9 Å². The number of anilines is 1. The van der Waals surface area contributed by atoms with Crippen LogP contribution < -0.4 is 16.2 Å². The van der Waals surface area contributed by atoms with Crippen LogP contribution in [-0.4, -0.2) is 51.6 Å². The molecule has 0 aliphatic carbocycles. The molecule has 2 atom stereocenters. The maximum absolute atomic E-state index is 14.6. The number of aromatic amines is 1. The fourth-order valence-corrected chi connectivity index (χ4v) is 5.28. The summed E-state index contributed by atoms with van der Waals surface area (Å²) in [4.78, 5) is 20.0. The first-order valence-corrected chi connectivity index (χ1v) is 11.2. The fraction of sp³-hybridized carbons (Fsp3) is 0.476. The van der Waals surface area contributed by atoms with E-state index in [1.165, 1.54) is 16.7 Å². The molecule has 2 fully saturated rings. The highest BCUT2D eigenvalue weighted by Gasteiger charge is 2.47. The van der Waals surface area contributed by atoms with Gasteiger partial charge in [0.1, 0.15) is 16.9 Å². The minimum atomic E-state index is -0.621. The van der Waals surface area contributed by atoms with Gasteiger partial charge < -0.3 is 15.4 Å². The third-order valence-corrected chi connectivity index (χ3v) is 7.75. The van der Waals surface area contributed by atoms with Gasteiger partial charge >= 0.3 is 0 Å². The zero-order valence-corrected chi connectivity index (χ0v) is 19.2. The topological polar surface area (TPSA) is 102 Å². The lowest BCUT2D eigenvalue weighted by Gasteiger charge is -2.41. The summed E-state index contributed by atoms with van der Waals surface area (Å²) in [6, 6.07) is 2.55. The summed E-state index contributed by atoms with van der Waals surface area (Å²) >= 11 is 12.3. The van der Waals surface area contributed by atoms with Gasteiger partial charge in [0, 0.05) is 31.6 Å². The molecule has 1 spiro atoms. The Kier molecular flexibility index (Phi) is 5.20. The van der Waals surface area contributed by atoms with Gasteiger partial charge in [0.15, 0.2) is 5.65 Å². The second-order valence-corrected chi connectivity index (χ2v) is 9.47. The molecule has 5 rings (SSSR count). The maximum Gasteiger partial charge on any atom is 0.266 e. The minimum Gasteiger partial charge on any atom is -0.376 e. The first-order chi connectivity index (χ1) is 15.2. The molecule has 3 aromatic rings. The van der Waals surface area contributed by atoms with E-state index in [4.69, 9.17) is 33.7 Å². The van der Waals surface area contributed by atoms with E-state index in [1.54, 1.807) is 7.05 Å². The molecule has 32 heavy (non-hydrogen) atoms. The molecule has 0 amide bonds. The van der Waals surface area contributed by atoms with Crippen molar-refractivity contribution < 1.29 is 9.13 Å². The van der Waals surface area contributed by atoms with Gasteiger partial charge in [0.2, 0.25) is 5.95 Å². The van der Waals surface area contributed by atoms with Crippen molar-refractivity contribution in [2.24, 2.45) is 18.2 Å². The number of nitrogens with two attached hydrogens (primary N) is 1. The summed E-state index contributed by atoms with van der Waals surface area (Å²) in [5, 5.41) is 7.25. The normalized spacial score (nSPS) is 22.9. The van der Waals surface area contributed by atoms with E-state index in [0.29, 0.717) is 25.6 Å². The molecule has 2 aliphatic rings. The monoisotopic (exact) mass is 480 g/mol. The number of piperidine rings is 1. The Labute approximate surface area is 193 Å². The first kappa shape index (κ1) is 21.6. The molecule has 2 aromatic heterocycles. The number of ether oxygens (including phenoxy) is 1. The number of nitrogens with one attached hydrogen (secondary N) is 1. The predicted octanol–water partition coefficient (Wildman–Crippen LogP) is 3.10. The van der Waals surface area contributed by atoms with Crippen molar-refractivity contribution in [2.75, 3.05) is 24.6 Å². The molecule has 3 N–H and O–H groups in total. The fourth-order valence-electron chi connectivity index (χ4n) is 4.88. The Balaban J connectivity index is 1.53. The number of hydrogen-bond acceptors (Lipinski definition) is 6. The molecule has 0 radical (unpaired) electrons. The van der Waals surface area contributed by atoms with Crippen LogP contribution in [-0.2, 0) is 11.8 Å². The van der Waals surface area contributed by atoms with Crippen molar-refractivity contribution >= 4 is 40.2 Å². The molecule has 0 unspecified atom stereocenters. The van der Waals surface area contributed by atoms with Gasteiger partial charge in [-0.05, 0) is 31.9 Å². The molecule has 1 aromatic carbocycles. The van der Waals surface area contributed by atoms with Crippen LogP contribution >= 0.6 is 23.2 Å². The van der Waals surface area contributed by atoms with E-state index >= 15 is 0 Å². The molecule has 0 saturated carbocycles. The average Bonchev–Trinajstić information content (AvgIpc) is 3.32. The third kappa shape index (κ3) is 3.14. The van der Waals surface area contributed by atoms with E-state index < -0.39 is 5.82 Å². The Morgan fingerprint density at radius 2 is 2.03 bits per heavy atom. The molecule has 170 valence electrons. The van der Waals surface area contributed by atoms with Gasteiger partial charge in [-0.1, -0.05) is 23.2 Å². The molecule has 2 saturated heterocycles. The Hall–Kier alpha value is -2.20. The lowest BCUT2D eigenvalue weighted by molar-refractivity contribution is 0.0973. The molecule has 0 bridgehead atoms. The number of nitrogens with zero attached hydrogens (tertiary/aromatic N) is 4. The van der Waals surface area contributed by atoms with Crippen LogP contribution in [0.1, 0.15) is 19.8 Å². The van der Waals surface area contributed by atoms with Crippen LogP contribution in [0.25, 0.3) is 22.3 Å². The number of H-pyrrole nitrogens is 1. The maximum atomic E-state index is 14.6. The van der Waals surface area contributed by atoms with Crippen molar-refractivity contribution in [3.63, 3.8) is 0 Å². The zero-order valence-electron chi connectivity index (χ0n) is 17.7. The third-order valence-electron chi connectivity index (χ3n) is 6.95. The number of hydrogen-bond donors (Lipinski definition) is 2. The van der Waals surface area contributed by atoms with Crippen LogP contribution in [0, 0.1) is 11.2 Å². The molecular formula is C21H23Cl2FN6O2. The summed E-state index contributed by atoms with van der Waals surface area (Å²) in [5.74, 6) is -0.102. The number of fused-ring (bicyclic) bond motifs is 1. The lowest BCUT2D eigenvalue weighted by atomic mass is 9.73. The Morgan fingerprint density at radius 3 is 2.69 bits per heavy atom. The predicted molar refractivity (Wildman–Crippen MR) is 122 cm³/mol. The van der Waals surface area contributed by atoms with E-state index in [0.717, 1.165) is 12.8 Å². The van der Waals surface area contributed by atoms with Crippen LogP contribution in [0.15, 0.2) is 16.9 Å². The van der Waals surface area contributed by atoms with E-state index in [1.807, 2.05) is 6.92 Å². The van der Waals surface area contributed by atoms with Crippen molar-refractivity contribution in [3.8, 4) is 11.3 Å². The first-order valence-electron chi connectivity index (χ1n) is 10.4. The van der Waals surface area contributed by atoms with Crippen molar-refractivity contribution in [3.05, 3.63) is 38.3 Å². The molecule has 11 heteroatoms. The number of halogens is 3. The lowest BCUT2D eigenvalue weighted by Crippen LogP contribution is -2.51. The van der Waals surface area contributed by atoms with Gasteiger partial charge in [-0.2, -0.15) is 10.1 Å². The molecule has 8 nitrogen and oxygen atoms in total. The van der Waals surface area contributed by atoms with Crippen molar-refractivity contribution in [1.82, 2.24) is 19.7 Å². The van der Waals surface area contributed by atoms with E-state index in [-0.39, 0.29) is 55.5 Å². The average molecular weight is 481 g/mol. The number of aromatic nitrogens is 4. The second kappa shape index (κ2) is 7.69. The summed E-state index contributed by atoms with van der Waals surface area (Å²) in [6.45, 7) is 4.07. The quantitative estimate of drug-likeness (QED) is 0.546. The number of rotatable bonds is 2. The van der Waals surface area contributed by atoms with Gasteiger partial charge in [-0.15, -0.1) is 0 Å². The highest BCUT2D eigenvalue weighted by molar-refractivity contribution is 6.43. The highest BCUT2D eigenvalue weighted by atomic mass is 35.5. The summed E-state index contributed by atoms with van der Waals surface area (Å²) in [7, 11) is 1.65. The van der Waals surface area contributed by atoms with E-state index in [2.05, 4.69) is 20.1 Å². The van der Waals surface area contributed by atoms with E-state index in [9.17, 15) is 9.18 Å². The van der Waals surface area contributed by atoms with Crippen molar-refractivity contribution in [1.29, 1.82) is 0 Å². The Morgan fingerprint density at radius 1 is 1.31 bits per heavy atom. The Bertz CT molecular complexity index is 1270. The standard InChI is InChI=1S/C21H23Cl2FN6O2/c1-10-17(25)21(9-32-10)5-7-30(8-6-21)20-26-18-14(19(31)29(20)2)16(27-28-18)13-12(24)4-3-11(22)15(13)23/h3-4,10,17H,5-9,25H2,1-2H3,(H,27,28)/t10-,17+/m0/s1. The summed E-state index contributed by atoms with van der Waals surface area (Å²) < 4.78 is 21.8. The smallest absolute Gasteiger partial charge is 0.266 e. The van der Waals surface area contributed by atoms with Crippen LogP contribution in [0.3, 0.4) is 0 Å². The zero-order chi connectivity index (χ0) is 22.8. The summed E-state index contributed by atoms with van der Waals surface area (Å²) in [6.07, 6.45) is 1.75. The molecule has 2 aliphatic heterocycles. The van der Waals surface area contributed by atoms with Gasteiger partial charge in [0.25, 0.3) is 5.56 Å². The second-order valence-electron chi connectivity index (χ2n) is 8.68. The number of benzene rings is 1. The van der Waals surface area contributed by atoms with Crippen LogP contribution in [0.4, 0.5) is 10.3 Å². The largest absolute Gasteiger partial charge is 0.376 e. The van der Waals surface area contributed by atoms with Gasteiger partial charge in [0.05, 0.1) is 28.3 Å². The summed E-state index contributed by atoms with van der Waals surface area (Å²) in [5.41, 5.74) is 6.35. The molecule has 4 heterocycles.